The molecular weight excluding hydrogens is 266 g/mol. The summed E-state index contributed by atoms with van der Waals surface area (Å²) in [4.78, 5) is 18.1. The number of aromatic amines is 1. The van der Waals surface area contributed by atoms with Crippen LogP contribution in [0.2, 0.25) is 0 Å². The Morgan fingerprint density at radius 2 is 1.71 bits per heavy atom. The van der Waals surface area contributed by atoms with Crippen LogP contribution in [0.3, 0.4) is 0 Å². The summed E-state index contributed by atoms with van der Waals surface area (Å²) in [5.74, 6) is 0.429. The van der Waals surface area contributed by atoms with Crippen LogP contribution in [0, 0.1) is 17.0 Å². The average Bonchev–Trinajstić information content (AvgIpc) is 2.94. The van der Waals surface area contributed by atoms with Gasteiger partial charge in [0.2, 0.25) is 5.82 Å². The van der Waals surface area contributed by atoms with E-state index in [4.69, 9.17) is 0 Å². The second kappa shape index (κ2) is 5.20. The SMILES string of the molecule is Cc1ccccc1-c1nc(-c2ccccc2)c([N+](=O)[O-])[nH]1. The molecule has 5 nitrogen and oxygen atoms in total. The molecule has 104 valence electrons. The van der Waals surface area contributed by atoms with Crippen molar-refractivity contribution in [1.82, 2.24) is 9.97 Å². The summed E-state index contributed by atoms with van der Waals surface area (Å²) < 4.78 is 0. The van der Waals surface area contributed by atoms with Crippen molar-refractivity contribution in [3.63, 3.8) is 0 Å². The van der Waals surface area contributed by atoms with Gasteiger partial charge in [-0.2, -0.15) is 4.98 Å². The lowest BCUT2D eigenvalue weighted by molar-refractivity contribution is -0.388. The van der Waals surface area contributed by atoms with Gasteiger partial charge in [-0.25, -0.2) is 4.98 Å². The van der Waals surface area contributed by atoms with Gasteiger partial charge in [0.25, 0.3) is 0 Å². The van der Waals surface area contributed by atoms with Crippen molar-refractivity contribution in [2.45, 2.75) is 6.92 Å². The predicted molar refractivity (Wildman–Crippen MR) is 80.9 cm³/mol. The fourth-order valence-electron chi connectivity index (χ4n) is 2.26. The van der Waals surface area contributed by atoms with Crippen LogP contribution in [0.4, 0.5) is 5.82 Å². The van der Waals surface area contributed by atoms with Gasteiger partial charge in [0.1, 0.15) is 0 Å². The number of nitro groups is 1. The van der Waals surface area contributed by atoms with Crippen LogP contribution in [0.5, 0.6) is 0 Å². The number of rotatable bonds is 3. The highest BCUT2D eigenvalue weighted by Crippen LogP contribution is 2.31. The van der Waals surface area contributed by atoms with Crippen molar-refractivity contribution >= 4 is 5.82 Å². The zero-order valence-electron chi connectivity index (χ0n) is 11.4. The molecule has 0 spiro atoms. The largest absolute Gasteiger partial charge is 0.358 e. The van der Waals surface area contributed by atoms with Crippen LogP contribution in [-0.2, 0) is 0 Å². The third kappa shape index (κ3) is 2.41. The van der Waals surface area contributed by atoms with Gasteiger partial charge in [-0.05, 0) is 23.5 Å². The highest BCUT2D eigenvalue weighted by molar-refractivity contribution is 5.73. The highest BCUT2D eigenvalue weighted by atomic mass is 16.6. The molecule has 0 aliphatic heterocycles. The van der Waals surface area contributed by atoms with E-state index >= 15 is 0 Å². The molecule has 0 bridgehead atoms. The number of aromatic nitrogens is 2. The summed E-state index contributed by atoms with van der Waals surface area (Å²) in [7, 11) is 0. The maximum atomic E-state index is 11.3. The summed E-state index contributed by atoms with van der Waals surface area (Å²) in [6.45, 7) is 1.95. The summed E-state index contributed by atoms with van der Waals surface area (Å²) >= 11 is 0. The molecule has 0 atom stereocenters. The molecule has 3 rings (SSSR count). The van der Waals surface area contributed by atoms with E-state index in [1.54, 1.807) is 0 Å². The Balaban J connectivity index is 2.18. The Bertz CT molecular complexity index is 794. The monoisotopic (exact) mass is 279 g/mol. The van der Waals surface area contributed by atoms with Crippen molar-refractivity contribution in [1.29, 1.82) is 0 Å². The van der Waals surface area contributed by atoms with Crippen molar-refractivity contribution < 1.29 is 4.92 Å². The molecule has 2 aromatic carbocycles. The van der Waals surface area contributed by atoms with Gasteiger partial charge in [0.05, 0.1) is 0 Å². The van der Waals surface area contributed by atoms with E-state index < -0.39 is 4.92 Å². The first-order valence-electron chi connectivity index (χ1n) is 6.52. The Hall–Kier alpha value is -2.95. The van der Waals surface area contributed by atoms with Crippen LogP contribution in [0.25, 0.3) is 22.6 Å². The van der Waals surface area contributed by atoms with Crippen LogP contribution in [0.1, 0.15) is 5.56 Å². The Labute approximate surface area is 121 Å². The Kier molecular flexibility index (Phi) is 3.23. The van der Waals surface area contributed by atoms with Crippen molar-refractivity contribution in [2.24, 2.45) is 0 Å². The number of benzene rings is 2. The van der Waals surface area contributed by atoms with E-state index in [-0.39, 0.29) is 5.82 Å². The topological polar surface area (TPSA) is 71.8 Å². The van der Waals surface area contributed by atoms with E-state index in [9.17, 15) is 10.1 Å². The molecule has 1 aromatic heterocycles. The number of hydrogen-bond acceptors (Lipinski definition) is 3. The molecule has 1 N–H and O–H groups in total. The van der Waals surface area contributed by atoms with Crippen molar-refractivity contribution in [3.8, 4) is 22.6 Å². The fraction of sp³-hybridized carbons (Fsp3) is 0.0625. The van der Waals surface area contributed by atoms with Gasteiger partial charge < -0.3 is 10.1 Å². The molecule has 21 heavy (non-hydrogen) atoms. The van der Waals surface area contributed by atoms with Crippen LogP contribution < -0.4 is 0 Å². The lowest BCUT2D eigenvalue weighted by Crippen LogP contribution is -1.90. The minimum Gasteiger partial charge on any atom is -0.358 e. The Morgan fingerprint density at radius 1 is 1.05 bits per heavy atom. The fourth-order valence-corrected chi connectivity index (χ4v) is 2.26. The maximum Gasteiger partial charge on any atom is 0.349 e. The normalized spacial score (nSPS) is 10.5. The molecule has 0 aliphatic carbocycles. The molecule has 0 amide bonds. The van der Waals surface area contributed by atoms with E-state index in [0.29, 0.717) is 11.5 Å². The lowest BCUT2D eigenvalue weighted by atomic mass is 10.1. The molecular formula is C16H13N3O2. The van der Waals surface area contributed by atoms with Gasteiger partial charge in [0, 0.05) is 11.1 Å². The molecule has 0 radical (unpaired) electrons. The van der Waals surface area contributed by atoms with Gasteiger partial charge in [-0.3, -0.25) is 0 Å². The molecule has 1 heterocycles. The summed E-state index contributed by atoms with van der Waals surface area (Å²) in [6.07, 6.45) is 0. The summed E-state index contributed by atoms with van der Waals surface area (Å²) in [5, 5.41) is 11.3. The third-order valence-electron chi connectivity index (χ3n) is 3.31. The van der Waals surface area contributed by atoms with E-state index in [1.807, 2.05) is 61.5 Å². The standard InChI is InChI=1S/C16H13N3O2/c1-11-7-5-6-10-13(11)15-17-14(16(18-15)19(20)21)12-8-3-2-4-9-12/h2-10H,1H3,(H,17,18). The van der Waals surface area contributed by atoms with Gasteiger partial charge >= 0.3 is 5.82 Å². The van der Waals surface area contributed by atoms with Gasteiger partial charge in [-0.1, -0.05) is 48.5 Å². The van der Waals surface area contributed by atoms with Crippen molar-refractivity contribution in [3.05, 3.63) is 70.3 Å². The van der Waals surface area contributed by atoms with Crippen LogP contribution in [-0.4, -0.2) is 14.9 Å². The first-order chi connectivity index (χ1) is 10.2. The Morgan fingerprint density at radius 3 is 2.38 bits per heavy atom. The zero-order chi connectivity index (χ0) is 14.8. The third-order valence-corrected chi connectivity index (χ3v) is 3.31. The molecule has 5 heteroatoms. The van der Waals surface area contributed by atoms with E-state index in [2.05, 4.69) is 9.97 Å². The summed E-state index contributed by atoms with van der Waals surface area (Å²) in [6, 6.07) is 16.8. The highest BCUT2D eigenvalue weighted by Gasteiger charge is 2.22. The number of nitrogens with one attached hydrogen (secondary N) is 1. The molecule has 3 aromatic rings. The van der Waals surface area contributed by atoms with E-state index in [0.717, 1.165) is 16.7 Å². The molecule has 0 saturated heterocycles. The number of nitrogens with zero attached hydrogens (tertiary/aromatic N) is 2. The minimum absolute atomic E-state index is 0.0838. The maximum absolute atomic E-state index is 11.3. The lowest BCUT2D eigenvalue weighted by Gasteiger charge is -1.98. The minimum atomic E-state index is -0.433. The number of aryl methyl sites for hydroxylation is 1. The molecule has 0 saturated carbocycles. The van der Waals surface area contributed by atoms with Crippen LogP contribution >= 0.6 is 0 Å². The average molecular weight is 279 g/mol. The first kappa shape index (κ1) is 13.1. The zero-order valence-corrected chi connectivity index (χ0v) is 11.4. The van der Waals surface area contributed by atoms with E-state index in [1.165, 1.54) is 0 Å². The van der Waals surface area contributed by atoms with Crippen LogP contribution in [0.15, 0.2) is 54.6 Å². The summed E-state index contributed by atoms with van der Waals surface area (Å²) in [5.41, 5.74) is 2.96. The number of imidazole rings is 1. The van der Waals surface area contributed by atoms with Crippen molar-refractivity contribution in [2.75, 3.05) is 0 Å². The second-order valence-corrected chi connectivity index (χ2v) is 4.72. The van der Waals surface area contributed by atoms with Gasteiger partial charge in [0.15, 0.2) is 5.69 Å². The first-order valence-corrected chi connectivity index (χ1v) is 6.52. The second-order valence-electron chi connectivity index (χ2n) is 4.72. The predicted octanol–water partition coefficient (Wildman–Crippen LogP) is 3.96. The number of H-pyrrole nitrogens is 1. The quantitative estimate of drug-likeness (QED) is 0.582. The van der Waals surface area contributed by atoms with Gasteiger partial charge in [-0.15, -0.1) is 0 Å². The smallest absolute Gasteiger partial charge is 0.349 e. The number of hydrogen-bond donors (Lipinski definition) is 1. The molecule has 0 fully saturated rings. The molecule has 0 unspecified atom stereocenters. The molecule has 0 aliphatic rings.